The summed E-state index contributed by atoms with van der Waals surface area (Å²) in [5.74, 6) is 1.94. The molecular weight excluding hydrogens is 426 g/mol. The van der Waals surface area contributed by atoms with Crippen LogP contribution in [0.25, 0.3) is 45.0 Å². The van der Waals surface area contributed by atoms with Crippen LogP contribution in [0.4, 0.5) is 0 Å². The van der Waals surface area contributed by atoms with Crippen LogP contribution in [0.2, 0.25) is 0 Å². The zero-order valence-corrected chi connectivity index (χ0v) is 20.3. The summed E-state index contributed by atoms with van der Waals surface area (Å²) in [6.07, 6.45) is 0. The molecule has 172 valence electrons. The van der Waals surface area contributed by atoms with Gasteiger partial charge in [0.1, 0.15) is 5.82 Å². The molecule has 0 radical (unpaired) electrons. The molecule has 35 heavy (non-hydrogen) atoms. The highest BCUT2D eigenvalue weighted by Crippen LogP contribution is 2.34. The van der Waals surface area contributed by atoms with E-state index in [2.05, 4.69) is 20.8 Å². The number of hydrogen-bond acceptors (Lipinski definition) is 3. The normalized spacial score (nSPS) is 13.0. The molecule has 0 aliphatic rings. The van der Waals surface area contributed by atoms with Gasteiger partial charge in [0.05, 0.1) is 5.48 Å². The Morgan fingerprint density at radius 3 is 1.83 bits per heavy atom. The van der Waals surface area contributed by atoms with Gasteiger partial charge in [0, 0.05) is 16.5 Å². The van der Waals surface area contributed by atoms with E-state index in [1.165, 1.54) is 0 Å². The average molecular weight is 460 g/mol. The fraction of sp³-hybridized carbons (Fsp3) is 0.156. The molecule has 5 aromatic rings. The Hall–Kier alpha value is -4.11. The summed E-state index contributed by atoms with van der Waals surface area (Å²) in [7, 11) is 0. The summed E-state index contributed by atoms with van der Waals surface area (Å²) in [5, 5.41) is 0. The van der Waals surface area contributed by atoms with Crippen LogP contribution < -0.4 is 0 Å². The van der Waals surface area contributed by atoms with Gasteiger partial charge in [-0.05, 0) is 34.7 Å². The lowest BCUT2D eigenvalue weighted by Crippen LogP contribution is -2.18. The number of nitrogens with zero attached hydrogens (tertiary/aromatic N) is 3. The number of rotatable bonds is 4. The number of aromatic nitrogens is 3. The first-order valence-electron chi connectivity index (χ1n) is 13.7. The smallest absolute Gasteiger partial charge is 0.164 e. The topological polar surface area (TPSA) is 38.7 Å². The molecule has 0 spiro atoms. The van der Waals surface area contributed by atoms with Gasteiger partial charge in [0.25, 0.3) is 0 Å². The van der Waals surface area contributed by atoms with E-state index >= 15 is 0 Å². The maximum absolute atomic E-state index is 8.42. The molecule has 4 aromatic carbocycles. The molecule has 1 heterocycles. The maximum Gasteiger partial charge on any atom is 0.164 e. The second-order valence-corrected chi connectivity index (χ2v) is 9.55. The average Bonchev–Trinajstić information content (AvgIpc) is 2.95. The number of benzene rings is 4. The van der Waals surface area contributed by atoms with Crippen molar-refractivity contribution in [1.82, 2.24) is 15.0 Å². The molecule has 0 fully saturated rings. The van der Waals surface area contributed by atoms with Gasteiger partial charge in [-0.25, -0.2) is 15.0 Å². The molecule has 0 saturated carbocycles. The minimum absolute atomic E-state index is 0.0147. The third-order valence-corrected chi connectivity index (χ3v) is 5.87. The van der Waals surface area contributed by atoms with Crippen molar-refractivity contribution >= 4 is 0 Å². The molecule has 0 aliphatic carbocycles. The van der Waals surface area contributed by atoms with Crippen LogP contribution in [0.5, 0.6) is 0 Å². The second-order valence-electron chi connectivity index (χ2n) is 9.55. The molecule has 0 N–H and O–H groups in total. The Bertz CT molecular complexity index is 1650. The molecule has 0 bridgehead atoms. The van der Waals surface area contributed by atoms with E-state index < -0.39 is 0 Å². The minimum Gasteiger partial charge on any atom is -0.212 e. The zero-order valence-electron chi connectivity index (χ0n) is 24.3. The SMILES string of the molecule is [2H]c1c([2H])c([2H])c(-c2ccc(-c3ccccc3-c3nc(-c4ccccc4)nc(C(C)(C)C)n3)cc2)c(C)c1[2H]. The molecule has 0 aliphatic heterocycles. The van der Waals surface area contributed by atoms with Crippen LogP contribution in [0, 0.1) is 6.92 Å². The van der Waals surface area contributed by atoms with Gasteiger partial charge >= 0.3 is 0 Å². The standard InChI is InChI=1S/C32H29N3/c1-22-12-8-9-15-26(22)23-18-20-24(21-19-23)27-16-10-11-17-28(27)30-33-29(25-13-6-5-7-14-25)34-31(35-30)32(2,3)4/h5-21H,1-4H3/i8D,9D,12D,15D. The second kappa shape index (κ2) is 9.27. The van der Waals surface area contributed by atoms with Crippen LogP contribution in [-0.2, 0) is 5.41 Å². The Kier molecular flexibility index (Phi) is 4.83. The fourth-order valence-electron chi connectivity index (χ4n) is 3.96. The zero-order chi connectivity index (χ0) is 27.9. The van der Waals surface area contributed by atoms with Gasteiger partial charge in [-0.3, -0.25) is 0 Å². The largest absolute Gasteiger partial charge is 0.212 e. The van der Waals surface area contributed by atoms with E-state index in [1.54, 1.807) is 6.92 Å². The lowest BCUT2D eigenvalue weighted by atomic mass is 9.94. The molecule has 0 amide bonds. The Labute approximate surface area is 213 Å². The summed E-state index contributed by atoms with van der Waals surface area (Å²) >= 11 is 0. The quantitative estimate of drug-likeness (QED) is 0.272. The summed E-state index contributed by atoms with van der Waals surface area (Å²) in [6.45, 7) is 8.00. The van der Waals surface area contributed by atoms with Gasteiger partial charge in [0.15, 0.2) is 11.6 Å². The lowest BCUT2D eigenvalue weighted by Gasteiger charge is -2.19. The first-order chi connectivity index (χ1) is 18.6. The highest BCUT2D eigenvalue weighted by atomic mass is 15.0. The summed E-state index contributed by atoms with van der Waals surface area (Å²) in [4.78, 5) is 14.6. The highest BCUT2D eigenvalue weighted by molar-refractivity contribution is 5.82. The molecule has 0 unspecified atom stereocenters. The molecular formula is C32H29N3. The minimum atomic E-state index is -0.272. The van der Waals surface area contributed by atoms with Gasteiger partial charge in [-0.15, -0.1) is 0 Å². The molecule has 3 heteroatoms. The van der Waals surface area contributed by atoms with Crippen molar-refractivity contribution in [1.29, 1.82) is 0 Å². The van der Waals surface area contributed by atoms with Crippen LogP contribution in [0.15, 0.2) is 103 Å². The van der Waals surface area contributed by atoms with E-state index in [-0.39, 0.29) is 29.6 Å². The summed E-state index contributed by atoms with van der Waals surface area (Å²) < 4.78 is 32.7. The van der Waals surface area contributed by atoms with Crippen LogP contribution in [0.3, 0.4) is 0 Å². The molecule has 3 nitrogen and oxygen atoms in total. The van der Waals surface area contributed by atoms with Crippen LogP contribution in [0.1, 0.15) is 37.6 Å². The van der Waals surface area contributed by atoms with E-state index in [0.717, 1.165) is 27.8 Å². The Morgan fingerprint density at radius 2 is 1.14 bits per heavy atom. The lowest BCUT2D eigenvalue weighted by molar-refractivity contribution is 0.543. The Morgan fingerprint density at radius 1 is 0.571 bits per heavy atom. The first kappa shape index (κ1) is 18.2. The van der Waals surface area contributed by atoms with Crippen molar-refractivity contribution in [3.8, 4) is 45.0 Å². The molecule has 0 atom stereocenters. The fourth-order valence-corrected chi connectivity index (χ4v) is 3.96. The first-order valence-corrected chi connectivity index (χ1v) is 11.7. The predicted molar refractivity (Wildman–Crippen MR) is 145 cm³/mol. The maximum atomic E-state index is 8.42. The van der Waals surface area contributed by atoms with Crippen molar-refractivity contribution < 1.29 is 5.48 Å². The van der Waals surface area contributed by atoms with Gasteiger partial charge in [-0.2, -0.15) is 0 Å². The third-order valence-electron chi connectivity index (χ3n) is 5.87. The summed E-state index contributed by atoms with van der Waals surface area (Å²) in [5.41, 5.74) is 5.23. The van der Waals surface area contributed by atoms with E-state index in [4.69, 9.17) is 20.4 Å². The van der Waals surface area contributed by atoms with Crippen molar-refractivity contribution in [2.45, 2.75) is 33.1 Å². The Balaban J connectivity index is 1.63. The highest BCUT2D eigenvalue weighted by Gasteiger charge is 2.22. The molecule has 1 aromatic heterocycles. The number of hydrogen-bond donors (Lipinski definition) is 0. The van der Waals surface area contributed by atoms with Gasteiger partial charge in [-0.1, -0.05) is 124 Å². The monoisotopic (exact) mass is 459 g/mol. The van der Waals surface area contributed by atoms with Gasteiger partial charge in [0.2, 0.25) is 0 Å². The summed E-state index contributed by atoms with van der Waals surface area (Å²) in [6, 6.07) is 25.2. The molecule has 5 rings (SSSR count). The van der Waals surface area contributed by atoms with Crippen LogP contribution >= 0.6 is 0 Å². The van der Waals surface area contributed by atoms with E-state index in [9.17, 15) is 0 Å². The van der Waals surface area contributed by atoms with E-state index in [1.807, 2.05) is 78.9 Å². The van der Waals surface area contributed by atoms with Crippen molar-refractivity contribution in [2.75, 3.05) is 0 Å². The van der Waals surface area contributed by atoms with Crippen LogP contribution in [-0.4, -0.2) is 15.0 Å². The van der Waals surface area contributed by atoms with Crippen molar-refractivity contribution in [3.05, 3.63) is 114 Å². The van der Waals surface area contributed by atoms with Crippen molar-refractivity contribution in [3.63, 3.8) is 0 Å². The molecule has 0 saturated heterocycles. The van der Waals surface area contributed by atoms with Crippen molar-refractivity contribution in [2.24, 2.45) is 0 Å². The predicted octanol–water partition coefficient (Wildman–Crippen LogP) is 8.15. The van der Waals surface area contributed by atoms with Gasteiger partial charge < -0.3 is 0 Å². The third kappa shape index (κ3) is 4.76. The van der Waals surface area contributed by atoms with E-state index in [0.29, 0.717) is 28.6 Å².